The Bertz CT molecular complexity index is 314. The van der Waals surface area contributed by atoms with E-state index in [1.807, 2.05) is 0 Å². The van der Waals surface area contributed by atoms with Crippen molar-refractivity contribution in [1.82, 2.24) is 0 Å². The Balaban J connectivity index is 2.76. The van der Waals surface area contributed by atoms with E-state index >= 15 is 0 Å². The minimum Gasteiger partial charge on any atom is -0.0950 e. The number of hydrogen-bond donors (Lipinski definition) is 0. The van der Waals surface area contributed by atoms with Crippen molar-refractivity contribution >= 4 is 5.57 Å². The molecule has 0 aliphatic carbocycles. The van der Waals surface area contributed by atoms with Crippen molar-refractivity contribution in [3.05, 3.63) is 42.0 Å². The summed E-state index contributed by atoms with van der Waals surface area (Å²) in [5.74, 6) is 1.25. The highest BCUT2D eigenvalue weighted by molar-refractivity contribution is 5.64. The van der Waals surface area contributed by atoms with E-state index in [9.17, 15) is 0 Å². The Kier molecular flexibility index (Phi) is 4.14. The summed E-state index contributed by atoms with van der Waals surface area (Å²) in [5.41, 5.74) is 3.92. The molecule has 0 atom stereocenters. The van der Waals surface area contributed by atoms with E-state index in [4.69, 9.17) is 0 Å². The molecule has 82 valence electrons. The monoisotopic (exact) mass is 202 g/mol. The van der Waals surface area contributed by atoms with E-state index in [0.717, 1.165) is 12.3 Å². The van der Waals surface area contributed by atoms with Crippen molar-refractivity contribution in [2.45, 2.75) is 34.1 Å². The van der Waals surface area contributed by atoms with Gasteiger partial charge in [-0.3, -0.25) is 0 Å². The van der Waals surface area contributed by atoms with Crippen molar-refractivity contribution in [3.63, 3.8) is 0 Å². The van der Waals surface area contributed by atoms with E-state index < -0.39 is 0 Å². The molecule has 1 aromatic rings. The third kappa shape index (κ3) is 3.54. The number of hydrogen-bond acceptors (Lipinski definition) is 0. The average Bonchev–Trinajstić information content (AvgIpc) is 2.17. The quantitative estimate of drug-likeness (QED) is 0.671. The molecule has 15 heavy (non-hydrogen) atoms. The molecule has 0 heterocycles. The normalized spacial score (nSPS) is 11.1. The maximum absolute atomic E-state index is 4.12. The van der Waals surface area contributed by atoms with Crippen molar-refractivity contribution in [1.29, 1.82) is 0 Å². The maximum atomic E-state index is 4.12. The van der Waals surface area contributed by atoms with Gasteiger partial charge in [0.2, 0.25) is 0 Å². The number of rotatable bonds is 4. The van der Waals surface area contributed by atoms with Gasteiger partial charge in [-0.1, -0.05) is 58.5 Å². The second-order valence-electron chi connectivity index (χ2n) is 4.97. The zero-order chi connectivity index (χ0) is 11.4. The lowest BCUT2D eigenvalue weighted by molar-refractivity contribution is 0.647. The Morgan fingerprint density at radius 3 is 2.00 bits per heavy atom. The standard InChI is InChI=1S/C15H22/c1-11(2)10-14-6-8-15(9-7-14)13(5)12(3)4/h6-9,11-12H,5,10H2,1-4H3. The van der Waals surface area contributed by atoms with Crippen molar-refractivity contribution in [2.24, 2.45) is 11.8 Å². The maximum Gasteiger partial charge on any atom is -0.0219 e. The van der Waals surface area contributed by atoms with Crippen LogP contribution >= 0.6 is 0 Å². The summed E-state index contributed by atoms with van der Waals surface area (Å²) in [5, 5.41) is 0. The van der Waals surface area contributed by atoms with Gasteiger partial charge in [0.05, 0.1) is 0 Å². The van der Waals surface area contributed by atoms with Crippen molar-refractivity contribution in [2.75, 3.05) is 0 Å². The van der Waals surface area contributed by atoms with Crippen LogP contribution in [0.1, 0.15) is 38.8 Å². The zero-order valence-electron chi connectivity index (χ0n) is 10.4. The van der Waals surface area contributed by atoms with Crippen molar-refractivity contribution < 1.29 is 0 Å². The first-order chi connectivity index (χ1) is 7.00. The van der Waals surface area contributed by atoms with Crippen LogP contribution in [-0.2, 0) is 6.42 Å². The first kappa shape index (κ1) is 12.0. The molecular formula is C15H22. The van der Waals surface area contributed by atoms with Crippen molar-refractivity contribution in [3.8, 4) is 0 Å². The van der Waals surface area contributed by atoms with Crippen LogP contribution in [0, 0.1) is 11.8 Å². The van der Waals surface area contributed by atoms with Gasteiger partial charge in [-0.05, 0) is 35.0 Å². The predicted octanol–water partition coefficient (Wildman–Crippen LogP) is 4.55. The molecule has 0 N–H and O–H groups in total. The molecular weight excluding hydrogens is 180 g/mol. The van der Waals surface area contributed by atoms with Crippen LogP contribution in [0.2, 0.25) is 0 Å². The molecule has 0 aromatic heterocycles. The SMILES string of the molecule is C=C(c1ccc(CC(C)C)cc1)C(C)C. The Morgan fingerprint density at radius 2 is 1.60 bits per heavy atom. The summed E-state index contributed by atoms with van der Waals surface area (Å²) in [4.78, 5) is 0. The van der Waals surface area contributed by atoms with Crippen LogP contribution in [0.4, 0.5) is 0 Å². The molecule has 0 nitrogen and oxygen atoms in total. The fraction of sp³-hybridized carbons (Fsp3) is 0.467. The van der Waals surface area contributed by atoms with E-state index in [1.54, 1.807) is 0 Å². The molecule has 1 aromatic carbocycles. The van der Waals surface area contributed by atoms with Gasteiger partial charge in [0, 0.05) is 0 Å². The molecule has 0 spiro atoms. The topological polar surface area (TPSA) is 0 Å². The Labute approximate surface area is 94.0 Å². The van der Waals surface area contributed by atoms with Crippen LogP contribution in [-0.4, -0.2) is 0 Å². The van der Waals surface area contributed by atoms with Crippen LogP contribution in [0.25, 0.3) is 5.57 Å². The lowest BCUT2D eigenvalue weighted by Gasteiger charge is -2.11. The molecule has 0 aliphatic rings. The molecule has 0 bridgehead atoms. The fourth-order valence-electron chi connectivity index (χ4n) is 1.66. The lowest BCUT2D eigenvalue weighted by atomic mass is 9.95. The first-order valence-corrected chi connectivity index (χ1v) is 5.78. The third-order valence-corrected chi connectivity index (χ3v) is 2.67. The largest absolute Gasteiger partial charge is 0.0950 e. The van der Waals surface area contributed by atoms with E-state index in [0.29, 0.717) is 5.92 Å². The minimum absolute atomic E-state index is 0.529. The van der Waals surface area contributed by atoms with E-state index in [2.05, 4.69) is 58.5 Å². The highest BCUT2D eigenvalue weighted by Crippen LogP contribution is 2.21. The number of benzene rings is 1. The molecule has 0 saturated carbocycles. The fourth-order valence-corrected chi connectivity index (χ4v) is 1.66. The van der Waals surface area contributed by atoms with Gasteiger partial charge in [0.1, 0.15) is 0 Å². The first-order valence-electron chi connectivity index (χ1n) is 5.78. The Hall–Kier alpha value is -1.04. The summed E-state index contributed by atoms with van der Waals surface area (Å²) in [6, 6.07) is 8.84. The van der Waals surface area contributed by atoms with Gasteiger partial charge in [-0.25, -0.2) is 0 Å². The van der Waals surface area contributed by atoms with Crippen LogP contribution in [0.3, 0.4) is 0 Å². The smallest absolute Gasteiger partial charge is 0.0219 e. The second-order valence-corrected chi connectivity index (χ2v) is 4.97. The molecule has 0 amide bonds. The summed E-state index contributed by atoms with van der Waals surface area (Å²) in [7, 11) is 0. The van der Waals surface area contributed by atoms with Crippen LogP contribution in [0.5, 0.6) is 0 Å². The second kappa shape index (κ2) is 5.16. The summed E-state index contributed by atoms with van der Waals surface area (Å²) < 4.78 is 0. The van der Waals surface area contributed by atoms with Gasteiger partial charge >= 0.3 is 0 Å². The highest BCUT2D eigenvalue weighted by Gasteiger charge is 2.03. The lowest BCUT2D eigenvalue weighted by Crippen LogP contribution is -1.95. The summed E-state index contributed by atoms with van der Waals surface area (Å²) in [6.07, 6.45) is 1.16. The van der Waals surface area contributed by atoms with Gasteiger partial charge in [0.15, 0.2) is 0 Å². The number of allylic oxidation sites excluding steroid dienone is 1. The molecule has 0 saturated heterocycles. The third-order valence-electron chi connectivity index (χ3n) is 2.67. The minimum atomic E-state index is 0.529. The molecule has 0 radical (unpaired) electrons. The summed E-state index contributed by atoms with van der Waals surface area (Å²) in [6.45, 7) is 13.0. The van der Waals surface area contributed by atoms with Gasteiger partial charge in [-0.2, -0.15) is 0 Å². The van der Waals surface area contributed by atoms with Gasteiger partial charge in [-0.15, -0.1) is 0 Å². The van der Waals surface area contributed by atoms with E-state index in [1.165, 1.54) is 16.7 Å². The van der Waals surface area contributed by atoms with Crippen LogP contribution < -0.4 is 0 Å². The highest BCUT2D eigenvalue weighted by atomic mass is 14.1. The van der Waals surface area contributed by atoms with Gasteiger partial charge < -0.3 is 0 Å². The summed E-state index contributed by atoms with van der Waals surface area (Å²) >= 11 is 0. The molecule has 0 heteroatoms. The zero-order valence-corrected chi connectivity index (χ0v) is 10.4. The molecule has 1 rings (SSSR count). The average molecular weight is 202 g/mol. The predicted molar refractivity (Wildman–Crippen MR) is 68.9 cm³/mol. The Morgan fingerprint density at radius 1 is 1.07 bits per heavy atom. The molecule has 0 unspecified atom stereocenters. The molecule has 0 fully saturated rings. The molecule has 0 aliphatic heterocycles. The van der Waals surface area contributed by atoms with Gasteiger partial charge in [0.25, 0.3) is 0 Å². The van der Waals surface area contributed by atoms with E-state index in [-0.39, 0.29) is 0 Å². The van der Waals surface area contributed by atoms with Crippen LogP contribution in [0.15, 0.2) is 30.8 Å².